The Labute approximate surface area is 153 Å². The zero-order valence-corrected chi connectivity index (χ0v) is 15.0. The van der Waals surface area contributed by atoms with E-state index in [9.17, 15) is 9.59 Å². The lowest BCUT2D eigenvalue weighted by Gasteiger charge is -2.22. The maximum atomic E-state index is 13.0. The third-order valence-electron chi connectivity index (χ3n) is 4.52. The van der Waals surface area contributed by atoms with Crippen molar-refractivity contribution in [2.45, 2.75) is 32.6 Å². The van der Waals surface area contributed by atoms with E-state index in [4.69, 9.17) is 4.42 Å². The molecule has 1 aliphatic rings. The Morgan fingerprint density at radius 3 is 2.35 bits per heavy atom. The van der Waals surface area contributed by atoms with E-state index in [0.29, 0.717) is 24.4 Å². The highest BCUT2D eigenvalue weighted by Crippen LogP contribution is 2.15. The fourth-order valence-corrected chi connectivity index (χ4v) is 3.01. The van der Waals surface area contributed by atoms with Crippen LogP contribution in [0.4, 0.5) is 0 Å². The predicted octanol–water partition coefficient (Wildman–Crippen LogP) is 3.76. The van der Waals surface area contributed by atoms with E-state index >= 15 is 0 Å². The van der Waals surface area contributed by atoms with Gasteiger partial charge in [0.2, 0.25) is 0 Å². The normalized spacial score (nSPS) is 15.4. The highest BCUT2D eigenvalue weighted by Gasteiger charge is 2.22. The summed E-state index contributed by atoms with van der Waals surface area (Å²) in [6.07, 6.45) is 7.39. The summed E-state index contributed by atoms with van der Waals surface area (Å²) in [5.41, 5.74) is 1.84. The molecule has 1 saturated heterocycles. The Hall–Kier alpha value is -2.82. The lowest BCUT2D eigenvalue weighted by Crippen LogP contribution is -2.39. The molecule has 26 heavy (non-hydrogen) atoms. The van der Waals surface area contributed by atoms with Crippen molar-refractivity contribution in [3.63, 3.8) is 0 Å². The lowest BCUT2D eigenvalue weighted by atomic mass is 10.1. The van der Waals surface area contributed by atoms with Gasteiger partial charge < -0.3 is 14.6 Å². The molecule has 2 heterocycles. The number of hydrogen-bond acceptors (Lipinski definition) is 3. The van der Waals surface area contributed by atoms with Crippen molar-refractivity contribution in [3.8, 4) is 0 Å². The molecule has 2 aromatic rings. The van der Waals surface area contributed by atoms with Gasteiger partial charge in [0.15, 0.2) is 0 Å². The molecule has 0 bridgehead atoms. The maximum absolute atomic E-state index is 13.0. The van der Waals surface area contributed by atoms with E-state index < -0.39 is 0 Å². The lowest BCUT2D eigenvalue weighted by molar-refractivity contribution is -0.127. The van der Waals surface area contributed by atoms with Crippen molar-refractivity contribution in [1.29, 1.82) is 0 Å². The van der Waals surface area contributed by atoms with Gasteiger partial charge in [0, 0.05) is 24.7 Å². The van der Waals surface area contributed by atoms with Crippen LogP contribution >= 0.6 is 0 Å². The average Bonchev–Trinajstić information content (AvgIpc) is 3.00. The Morgan fingerprint density at radius 1 is 1.04 bits per heavy atom. The number of furan rings is 1. The molecule has 0 aliphatic carbocycles. The van der Waals surface area contributed by atoms with Gasteiger partial charge in [-0.05, 0) is 44.0 Å². The first kappa shape index (κ1) is 18.0. The van der Waals surface area contributed by atoms with Gasteiger partial charge in [0.25, 0.3) is 11.8 Å². The molecular weight excluding hydrogens is 328 g/mol. The summed E-state index contributed by atoms with van der Waals surface area (Å²) in [5.74, 6) is 0.0714. The number of carbonyl (C=O) groups excluding carboxylic acids is 2. The van der Waals surface area contributed by atoms with Gasteiger partial charge in [-0.3, -0.25) is 9.59 Å². The van der Waals surface area contributed by atoms with Crippen molar-refractivity contribution in [1.82, 2.24) is 10.2 Å². The third kappa shape index (κ3) is 4.63. The molecule has 0 atom stereocenters. The van der Waals surface area contributed by atoms with Gasteiger partial charge in [0.1, 0.15) is 11.5 Å². The molecule has 1 fully saturated rings. The molecule has 0 unspecified atom stereocenters. The number of amides is 2. The second-order valence-electron chi connectivity index (χ2n) is 6.60. The largest absolute Gasteiger partial charge is 0.465 e. The van der Waals surface area contributed by atoms with Crippen molar-refractivity contribution < 1.29 is 14.0 Å². The van der Waals surface area contributed by atoms with Crippen LogP contribution in [0.1, 0.15) is 47.4 Å². The molecule has 5 heteroatoms. The van der Waals surface area contributed by atoms with Gasteiger partial charge in [-0.2, -0.15) is 0 Å². The summed E-state index contributed by atoms with van der Waals surface area (Å²) in [7, 11) is 0. The molecule has 5 nitrogen and oxygen atoms in total. The smallest absolute Gasteiger partial charge is 0.270 e. The zero-order valence-electron chi connectivity index (χ0n) is 15.0. The van der Waals surface area contributed by atoms with Crippen molar-refractivity contribution >= 4 is 17.9 Å². The summed E-state index contributed by atoms with van der Waals surface area (Å²) in [4.78, 5) is 27.4. The number of carbonyl (C=O) groups is 2. The highest BCUT2D eigenvalue weighted by molar-refractivity contribution is 6.05. The van der Waals surface area contributed by atoms with Crippen molar-refractivity contribution in [2.75, 3.05) is 13.1 Å². The van der Waals surface area contributed by atoms with E-state index in [1.165, 1.54) is 0 Å². The predicted molar refractivity (Wildman–Crippen MR) is 100 cm³/mol. The minimum absolute atomic E-state index is 0.163. The van der Waals surface area contributed by atoms with E-state index in [1.54, 1.807) is 36.6 Å². The van der Waals surface area contributed by atoms with Gasteiger partial charge in [-0.15, -0.1) is 0 Å². The molecule has 0 saturated carbocycles. The van der Waals surface area contributed by atoms with Crippen LogP contribution in [0.2, 0.25) is 0 Å². The number of likely N-dealkylation sites (tertiary alicyclic amines) is 1. The number of benzene rings is 1. The molecule has 1 N–H and O–H groups in total. The number of nitrogens with zero attached hydrogens (tertiary/aromatic N) is 1. The highest BCUT2D eigenvalue weighted by atomic mass is 16.3. The number of rotatable bonds is 4. The zero-order chi connectivity index (χ0) is 18.4. The Bertz CT molecular complexity index is 768. The average molecular weight is 352 g/mol. The summed E-state index contributed by atoms with van der Waals surface area (Å²) in [6.45, 7) is 3.40. The fourth-order valence-electron chi connectivity index (χ4n) is 3.01. The van der Waals surface area contributed by atoms with Crippen LogP contribution in [0.25, 0.3) is 6.08 Å². The number of hydrogen-bond donors (Lipinski definition) is 1. The van der Waals surface area contributed by atoms with Crippen molar-refractivity contribution in [3.05, 3.63) is 65.2 Å². The molecule has 1 aromatic carbocycles. The van der Waals surface area contributed by atoms with Crippen LogP contribution in [0, 0.1) is 6.92 Å². The molecule has 2 amide bonds. The first-order valence-corrected chi connectivity index (χ1v) is 9.06. The Kier molecular flexibility index (Phi) is 5.89. The van der Waals surface area contributed by atoms with Crippen LogP contribution in [0.5, 0.6) is 0 Å². The Morgan fingerprint density at radius 2 is 1.73 bits per heavy atom. The van der Waals surface area contributed by atoms with Crippen molar-refractivity contribution in [2.24, 2.45) is 0 Å². The second-order valence-corrected chi connectivity index (χ2v) is 6.60. The first-order valence-electron chi connectivity index (χ1n) is 9.06. The van der Waals surface area contributed by atoms with Crippen LogP contribution in [-0.4, -0.2) is 29.8 Å². The van der Waals surface area contributed by atoms with Crippen LogP contribution in [0.15, 0.2) is 52.8 Å². The van der Waals surface area contributed by atoms with Gasteiger partial charge in [-0.25, -0.2) is 0 Å². The minimum Gasteiger partial charge on any atom is -0.465 e. The first-order chi connectivity index (χ1) is 12.6. The molecule has 3 rings (SSSR count). The quantitative estimate of drug-likeness (QED) is 0.852. The summed E-state index contributed by atoms with van der Waals surface area (Å²) < 4.78 is 5.33. The fraction of sp³-hybridized carbons (Fsp3) is 0.333. The molecule has 0 spiro atoms. The van der Waals surface area contributed by atoms with Crippen LogP contribution < -0.4 is 5.32 Å². The third-order valence-corrected chi connectivity index (χ3v) is 4.52. The van der Waals surface area contributed by atoms with Gasteiger partial charge >= 0.3 is 0 Å². The molecule has 1 aliphatic heterocycles. The monoisotopic (exact) mass is 352 g/mol. The molecule has 136 valence electrons. The van der Waals surface area contributed by atoms with E-state index in [-0.39, 0.29) is 17.5 Å². The van der Waals surface area contributed by atoms with E-state index in [0.717, 1.165) is 31.2 Å². The minimum atomic E-state index is -0.300. The number of nitrogens with one attached hydrogen (secondary N) is 1. The van der Waals surface area contributed by atoms with Gasteiger partial charge in [-0.1, -0.05) is 30.5 Å². The second kappa shape index (κ2) is 8.52. The molecule has 1 aromatic heterocycles. The van der Waals surface area contributed by atoms with E-state index in [2.05, 4.69) is 5.32 Å². The molecular formula is C21H24N2O3. The number of aryl methyl sites for hydroxylation is 1. The van der Waals surface area contributed by atoms with E-state index in [1.807, 2.05) is 24.0 Å². The Balaban J connectivity index is 1.82. The topological polar surface area (TPSA) is 62.6 Å². The van der Waals surface area contributed by atoms with Crippen LogP contribution in [0.3, 0.4) is 0 Å². The summed E-state index contributed by atoms with van der Waals surface area (Å²) in [6, 6.07) is 10.8. The van der Waals surface area contributed by atoms with Gasteiger partial charge in [0.05, 0.1) is 6.26 Å². The SMILES string of the molecule is Cc1ccc(C(=O)N/C(=C/c2ccco2)C(=O)N2CCCCCC2)cc1. The standard InChI is InChI=1S/C21H24N2O3/c1-16-8-10-17(11-9-16)20(24)22-19(15-18-7-6-14-26-18)21(25)23-12-4-2-3-5-13-23/h6-11,14-15H,2-5,12-13H2,1H3,(H,22,24)/b19-15+. The summed E-state index contributed by atoms with van der Waals surface area (Å²) >= 11 is 0. The molecule has 0 radical (unpaired) electrons. The maximum Gasteiger partial charge on any atom is 0.270 e. The summed E-state index contributed by atoms with van der Waals surface area (Å²) in [5, 5.41) is 2.78. The van der Waals surface area contributed by atoms with Crippen LogP contribution in [-0.2, 0) is 4.79 Å².